The van der Waals surface area contributed by atoms with E-state index in [1.54, 1.807) is 0 Å². The zero-order valence-electron chi connectivity index (χ0n) is 9.20. The number of oxime groups is 1. The Morgan fingerprint density at radius 2 is 2.14 bits per heavy atom. The molecule has 0 aliphatic rings. The maximum Gasteiger partial charge on any atom is 0.140 e. The topological polar surface area (TPSA) is 58.6 Å². The van der Waals surface area contributed by atoms with Crippen molar-refractivity contribution < 1.29 is 5.21 Å². The van der Waals surface area contributed by atoms with Crippen LogP contribution in [-0.2, 0) is 0 Å². The summed E-state index contributed by atoms with van der Waals surface area (Å²) in [5, 5.41) is 11.9. The number of unbranched alkanes of at least 4 members (excludes halogenated alkanes) is 2. The van der Waals surface area contributed by atoms with Crippen LogP contribution in [0.15, 0.2) is 5.16 Å². The van der Waals surface area contributed by atoms with E-state index in [-0.39, 0.29) is 0 Å². The third-order valence-electron chi connectivity index (χ3n) is 2.12. The molecule has 14 heavy (non-hydrogen) atoms. The molecule has 0 saturated heterocycles. The summed E-state index contributed by atoms with van der Waals surface area (Å²) in [6.45, 7) is 4.35. The van der Waals surface area contributed by atoms with Crippen LogP contribution in [0.1, 0.15) is 46.0 Å². The van der Waals surface area contributed by atoms with Crippen molar-refractivity contribution in [2.75, 3.05) is 5.75 Å². The molecule has 0 radical (unpaired) electrons. The standard InChI is InChI=1S/C10H22N2OS/c1-3-5-6-7-14-9(4-2)8-10(11)12-13/h9,13H,3-8H2,1-2H3,(H2,11,12). The summed E-state index contributed by atoms with van der Waals surface area (Å²) in [7, 11) is 0. The highest BCUT2D eigenvalue weighted by Gasteiger charge is 2.08. The molecule has 4 heteroatoms. The second-order valence-electron chi connectivity index (χ2n) is 3.40. The third-order valence-corrected chi connectivity index (χ3v) is 3.62. The smallest absolute Gasteiger partial charge is 0.140 e. The van der Waals surface area contributed by atoms with Gasteiger partial charge in [-0.05, 0) is 18.6 Å². The van der Waals surface area contributed by atoms with Gasteiger partial charge in [0, 0.05) is 11.7 Å². The van der Waals surface area contributed by atoms with Crippen molar-refractivity contribution in [3.63, 3.8) is 0 Å². The summed E-state index contributed by atoms with van der Waals surface area (Å²) in [4.78, 5) is 0. The Kier molecular flexibility index (Phi) is 8.94. The number of hydrogen-bond donors (Lipinski definition) is 2. The van der Waals surface area contributed by atoms with Gasteiger partial charge in [-0.3, -0.25) is 0 Å². The molecule has 3 nitrogen and oxygen atoms in total. The van der Waals surface area contributed by atoms with Gasteiger partial charge in [0.2, 0.25) is 0 Å². The van der Waals surface area contributed by atoms with Crippen molar-refractivity contribution in [3.05, 3.63) is 0 Å². The predicted molar refractivity (Wildman–Crippen MR) is 64.1 cm³/mol. The van der Waals surface area contributed by atoms with Gasteiger partial charge in [-0.1, -0.05) is 31.8 Å². The molecular formula is C10H22N2OS. The van der Waals surface area contributed by atoms with Crippen LogP contribution in [0.5, 0.6) is 0 Å². The van der Waals surface area contributed by atoms with Crippen LogP contribution >= 0.6 is 11.8 Å². The van der Waals surface area contributed by atoms with Crippen LogP contribution in [0.25, 0.3) is 0 Å². The lowest BCUT2D eigenvalue weighted by molar-refractivity contribution is 0.316. The molecule has 0 saturated carbocycles. The summed E-state index contributed by atoms with van der Waals surface area (Å²) in [6.07, 6.45) is 5.61. The van der Waals surface area contributed by atoms with Crippen LogP contribution in [0.2, 0.25) is 0 Å². The van der Waals surface area contributed by atoms with Gasteiger partial charge < -0.3 is 10.9 Å². The van der Waals surface area contributed by atoms with E-state index in [4.69, 9.17) is 10.9 Å². The second kappa shape index (κ2) is 9.19. The largest absolute Gasteiger partial charge is 0.409 e. The number of amidine groups is 1. The maximum atomic E-state index is 8.44. The summed E-state index contributed by atoms with van der Waals surface area (Å²) in [5.41, 5.74) is 5.47. The summed E-state index contributed by atoms with van der Waals surface area (Å²) >= 11 is 1.93. The first-order valence-corrected chi connectivity index (χ1v) is 6.37. The minimum absolute atomic E-state index is 0.347. The van der Waals surface area contributed by atoms with E-state index < -0.39 is 0 Å². The van der Waals surface area contributed by atoms with Crippen LogP contribution < -0.4 is 5.73 Å². The van der Waals surface area contributed by atoms with Gasteiger partial charge >= 0.3 is 0 Å². The van der Waals surface area contributed by atoms with Crippen molar-refractivity contribution >= 4 is 17.6 Å². The zero-order valence-corrected chi connectivity index (χ0v) is 10.0. The van der Waals surface area contributed by atoms with Crippen LogP contribution in [0.3, 0.4) is 0 Å². The van der Waals surface area contributed by atoms with Crippen molar-refractivity contribution in [1.82, 2.24) is 0 Å². The summed E-state index contributed by atoms with van der Waals surface area (Å²) in [6, 6.07) is 0. The Hall–Kier alpha value is -0.380. The molecule has 1 atom stereocenters. The van der Waals surface area contributed by atoms with Gasteiger partial charge in [-0.25, -0.2) is 0 Å². The maximum absolute atomic E-state index is 8.44. The van der Waals surface area contributed by atoms with E-state index in [9.17, 15) is 0 Å². The number of thioether (sulfide) groups is 1. The molecule has 0 heterocycles. The quantitative estimate of drug-likeness (QED) is 0.216. The highest BCUT2D eigenvalue weighted by Crippen LogP contribution is 2.19. The van der Waals surface area contributed by atoms with Crippen LogP contribution in [-0.4, -0.2) is 22.0 Å². The predicted octanol–water partition coefficient (Wildman–Crippen LogP) is 2.82. The van der Waals surface area contributed by atoms with E-state index in [2.05, 4.69) is 19.0 Å². The molecule has 0 aliphatic heterocycles. The van der Waals surface area contributed by atoms with E-state index in [0.717, 1.165) is 6.42 Å². The van der Waals surface area contributed by atoms with Crippen molar-refractivity contribution in [2.45, 2.75) is 51.2 Å². The molecule has 0 fully saturated rings. The average Bonchev–Trinajstić information content (AvgIpc) is 2.22. The molecule has 0 amide bonds. The van der Waals surface area contributed by atoms with Gasteiger partial charge in [0.15, 0.2) is 0 Å². The average molecular weight is 218 g/mol. The van der Waals surface area contributed by atoms with E-state index in [1.165, 1.54) is 25.0 Å². The normalized spacial score (nSPS) is 14.3. The fourth-order valence-corrected chi connectivity index (χ4v) is 2.43. The lowest BCUT2D eigenvalue weighted by atomic mass is 10.2. The zero-order chi connectivity index (χ0) is 10.8. The Bertz CT molecular complexity index is 162. The van der Waals surface area contributed by atoms with E-state index in [1.807, 2.05) is 11.8 Å². The van der Waals surface area contributed by atoms with Gasteiger partial charge in [-0.2, -0.15) is 11.8 Å². The Labute approximate surface area is 91.1 Å². The minimum atomic E-state index is 0.347. The number of hydrogen-bond acceptors (Lipinski definition) is 3. The van der Waals surface area contributed by atoms with E-state index in [0.29, 0.717) is 17.5 Å². The third kappa shape index (κ3) is 7.06. The fourth-order valence-electron chi connectivity index (χ4n) is 1.20. The van der Waals surface area contributed by atoms with Crippen molar-refractivity contribution in [1.29, 1.82) is 0 Å². The Balaban J connectivity index is 3.58. The van der Waals surface area contributed by atoms with Crippen LogP contribution in [0, 0.1) is 0 Å². The van der Waals surface area contributed by atoms with Crippen LogP contribution in [0.4, 0.5) is 0 Å². The SMILES string of the molecule is CCCCCSC(CC)CC(N)=NO. The number of rotatable bonds is 8. The molecular weight excluding hydrogens is 196 g/mol. The number of nitrogens with zero attached hydrogens (tertiary/aromatic N) is 1. The lowest BCUT2D eigenvalue weighted by Crippen LogP contribution is -2.18. The number of nitrogens with two attached hydrogens (primary N) is 1. The Morgan fingerprint density at radius 3 is 2.64 bits per heavy atom. The molecule has 0 rings (SSSR count). The lowest BCUT2D eigenvalue weighted by Gasteiger charge is -2.12. The van der Waals surface area contributed by atoms with Gasteiger partial charge in [0.1, 0.15) is 5.84 Å². The molecule has 0 aliphatic carbocycles. The first-order chi connectivity index (χ1) is 6.74. The van der Waals surface area contributed by atoms with Crippen molar-refractivity contribution in [3.8, 4) is 0 Å². The summed E-state index contributed by atoms with van der Waals surface area (Å²) < 4.78 is 0. The second-order valence-corrected chi connectivity index (χ2v) is 4.81. The molecule has 0 aromatic heterocycles. The molecule has 0 bridgehead atoms. The summed E-state index contributed by atoms with van der Waals surface area (Å²) in [5.74, 6) is 1.53. The minimum Gasteiger partial charge on any atom is -0.409 e. The van der Waals surface area contributed by atoms with E-state index >= 15 is 0 Å². The van der Waals surface area contributed by atoms with Gasteiger partial charge in [-0.15, -0.1) is 0 Å². The molecule has 0 spiro atoms. The molecule has 3 N–H and O–H groups in total. The Morgan fingerprint density at radius 1 is 1.43 bits per heavy atom. The highest BCUT2D eigenvalue weighted by atomic mass is 32.2. The van der Waals surface area contributed by atoms with Gasteiger partial charge in [0.25, 0.3) is 0 Å². The molecule has 0 aromatic rings. The fraction of sp³-hybridized carbons (Fsp3) is 0.900. The van der Waals surface area contributed by atoms with Crippen molar-refractivity contribution in [2.24, 2.45) is 10.9 Å². The highest BCUT2D eigenvalue weighted by molar-refractivity contribution is 7.99. The molecule has 84 valence electrons. The molecule has 1 unspecified atom stereocenters. The monoisotopic (exact) mass is 218 g/mol. The van der Waals surface area contributed by atoms with Gasteiger partial charge in [0.05, 0.1) is 0 Å². The first-order valence-electron chi connectivity index (χ1n) is 5.32. The molecule has 0 aromatic carbocycles. The first kappa shape index (κ1) is 13.6.